The summed E-state index contributed by atoms with van der Waals surface area (Å²) in [6.45, 7) is 4.48. The van der Waals surface area contributed by atoms with Crippen LogP contribution in [0.25, 0.3) is 0 Å². The van der Waals surface area contributed by atoms with Crippen molar-refractivity contribution in [1.29, 1.82) is 0 Å². The highest BCUT2D eigenvalue weighted by Gasteiger charge is 2.17. The van der Waals surface area contributed by atoms with Gasteiger partial charge in [-0.05, 0) is 33.2 Å². The van der Waals surface area contributed by atoms with Gasteiger partial charge < -0.3 is 16.4 Å². The van der Waals surface area contributed by atoms with Gasteiger partial charge in [-0.3, -0.25) is 9.59 Å². The SMILES string of the molecule is CC(C)N(CC(N)=O)C(=O)CCCCCCN.Cl. The average molecular weight is 280 g/mol. The second-order valence-corrected chi connectivity index (χ2v) is 4.53. The zero-order valence-electron chi connectivity index (χ0n) is 11.4. The quantitative estimate of drug-likeness (QED) is 0.618. The Morgan fingerprint density at radius 3 is 2.11 bits per heavy atom. The van der Waals surface area contributed by atoms with Crippen LogP contribution in [0.4, 0.5) is 0 Å². The first-order chi connectivity index (χ1) is 7.99. The molecule has 0 atom stereocenters. The normalized spacial score (nSPS) is 10.0. The molecule has 2 amide bonds. The Balaban J connectivity index is 0. The van der Waals surface area contributed by atoms with Gasteiger partial charge in [0.2, 0.25) is 11.8 Å². The molecule has 18 heavy (non-hydrogen) atoms. The molecule has 0 aliphatic carbocycles. The van der Waals surface area contributed by atoms with Gasteiger partial charge in [0.1, 0.15) is 0 Å². The Morgan fingerprint density at radius 2 is 1.67 bits per heavy atom. The van der Waals surface area contributed by atoms with Crippen molar-refractivity contribution in [3.63, 3.8) is 0 Å². The van der Waals surface area contributed by atoms with E-state index in [-0.39, 0.29) is 30.9 Å². The molecule has 0 aliphatic rings. The van der Waals surface area contributed by atoms with Crippen molar-refractivity contribution >= 4 is 24.2 Å². The summed E-state index contributed by atoms with van der Waals surface area (Å²) in [5.41, 5.74) is 10.5. The first-order valence-electron chi connectivity index (χ1n) is 6.27. The summed E-state index contributed by atoms with van der Waals surface area (Å²) in [4.78, 5) is 24.2. The van der Waals surface area contributed by atoms with Crippen LogP contribution in [0.15, 0.2) is 0 Å². The van der Waals surface area contributed by atoms with Crippen LogP contribution in [0.1, 0.15) is 46.0 Å². The minimum atomic E-state index is -0.463. The molecule has 0 saturated heterocycles. The zero-order chi connectivity index (χ0) is 13.3. The minimum absolute atomic E-state index is 0. The lowest BCUT2D eigenvalue weighted by atomic mass is 10.1. The molecule has 0 heterocycles. The van der Waals surface area contributed by atoms with E-state index in [9.17, 15) is 9.59 Å². The number of rotatable bonds is 9. The van der Waals surface area contributed by atoms with Gasteiger partial charge in [-0.25, -0.2) is 0 Å². The van der Waals surface area contributed by atoms with Crippen LogP contribution in [0.2, 0.25) is 0 Å². The first-order valence-corrected chi connectivity index (χ1v) is 6.27. The third kappa shape index (κ3) is 9.24. The fraction of sp³-hybridized carbons (Fsp3) is 0.833. The highest BCUT2D eigenvalue weighted by Crippen LogP contribution is 2.07. The molecule has 6 heteroatoms. The maximum atomic E-state index is 11.8. The van der Waals surface area contributed by atoms with E-state index in [0.29, 0.717) is 13.0 Å². The standard InChI is InChI=1S/C12H25N3O2.ClH/c1-10(2)15(9-11(14)16)12(17)7-5-3-4-6-8-13;/h10H,3-9,13H2,1-2H3,(H2,14,16);1H. The molecule has 0 radical (unpaired) electrons. The van der Waals surface area contributed by atoms with Crippen molar-refractivity contribution in [3.8, 4) is 0 Å². The number of unbranched alkanes of at least 4 members (excludes halogenated alkanes) is 3. The summed E-state index contributed by atoms with van der Waals surface area (Å²) >= 11 is 0. The van der Waals surface area contributed by atoms with E-state index in [0.717, 1.165) is 25.7 Å². The van der Waals surface area contributed by atoms with Crippen molar-refractivity contribution in [2.45, 2.75) is 52.0 Å². The number of halogens is 1. The molecule has 4 N–H and O–H groups in total. The van der Waals surface area contributed by atoms with E-state index in [2.05, 4.69) is 0 Å². The second kappa shape index (κ2) is 11.3. The molecule has 0 aromatic heterocycles. The number of carbonyl (C=O) groups is 2. The maximum Gasteiger partial charge on any atom is 0.237 e. The number of nitrogens with zero attached hydrogens (tertiary/aromatic N) is 1. The fourth-order valence-electron chi connectivity index (χ4n) is 1.64. The third-order valence-corrected chi connectivity index (χ3v) is 2.61. The second-order valence-electron chi connectivity index (χ2n) is 4.53. The molecule has 0 rings (SSSR count). The van der Waals surface area contributed by atoms with Crippen LogP contribution in [-0.4, -0.2) is 35.8 Å². The van der Waals surface area contributed by atoms with Gasteiger partial charge in [-0.2, -0.15) is 0 Å². The van der Waals surface area contributed by atoms with Crippen LogP contribution >= 0.6 is 12.4 Å². The smallest absolute Gasteiger partial charge is 0.237 e. The van der Waals surface area contributed by atoms with Crippen LogP contribution in [0, 0.1) is 0 Å². The Hall–Kier alpha value is -0.810. The van der Waals surface area contributed by atoms with Crippen molar-refractivity contribution in [1.82, 2.24) is 4.90 Å². The number of hydrogen-bond donors (Lipinski definition) is 2. The Morgan fingerprint density at radius 1 is 1.11 bits per heavy atom. The molecule has 0 aromatic carbocycles. The van der Waals surface area contributed by atoms with E-state index < -0.39 is 5.91 Å². The summed E-state index contributed by atoms with van der Waals surface area (Å²) in [7, 11) is 0. The van der Waals surface area contributed by atoms with E-state index in [1.54, 1.807) is 0 Å². The van der Waals surface area contributed by atoms with Crippen molar-refractivity contribution < 1.29 is 9.59 Å². The largest absolute Gasteiger partial charge is 0.368 e. The summed E-state index contributed by atoms with van der Waals surface area (Å²) < 4.78 is 0. The molecule has 0 aliphatic heterocycles. The van der Waals surface area contributed by atoms with Gasteiger partial charge in [0.05, 0.1) is 6.54 Å². The summed E-state index contributed by atoms with van der Waals surface area (Å²) in [5.74, 6) is -0.457. The molecule has 0 fully saturated rings. The van der Waals surface area contributed by atoms with Gasteiger partial charge in [-0.1, -0.05) is 12.8 Å². The van der Waals surface area contributed by atoms with Crippen molar-refractivity contribution in [3.05, 3.63) is 0 Å². The predicted molar refractivity (Wildman–Crippen MR) is 75.4 cm³/mol. The van der Waals surface area contributed by atoms with Gasteiger partial charge in [0.15, 0.2) is 0 Å². The lowest BCUT2D eigenvalue weighted by molar-refractivity contribution is -0.137. The third-order valence-electron chi connectivity index (χ3n) is 2.61. The van der Waals surface area contributed by atoms with Crippen LogP contribution in [0.5, 0.6) is 0 Å². The van der Waals surface area contributed by atoms with Crippen LogP contribution < -0.4 is 11.5 Å². The Kier molecular flexibility index (Phi) is 12.2. The highest BCUT2D eigenvalue weighted by atomic mass is 35.5. The molecular weight excluding hydrogens is 254 g/mol. The molecule has 0 aromatic rings. The molecule has 108 valence electrons. The number of nitrogens with two attached hydrogens (primary N) is 2. The number of primary amides is 1. The molecule has 5 nitrogen and oxygen atoms in total. The monoisotopic (exact) mass is 279 g/mol. The Bertz CT molecular complexity index is 247. The van der Waals surface area contributed by atoms with Gasteiger partial charge in [-0.15, -0.1) is 12.4 Å². The summed E-state index contributed by atoms with van der Waals surface area (Å²) in [5, 5.41) is 0. The zero-order valence-corrected chi connectivity index (χ0v) is 12.2. The number of carbonyl (C=O) groups excluding carboxylic acids is 2. The topological polar surface area (TPSA) is 89.4 Å². The highest BCUT2D eigenvalue weighted by molar-refractivity contribution is 5.85. The van der Waals surface area contributed by atoms with Crippen molar-refractivity contribution in [2.24, 2.45) is 11.5 Å². The lowest BCUT2D eigenvalue weighted by Gasteiger charge is -2.25. The molecule has 0 spiro atoms. The summed E-state index contributed by atoms with van der Waals surface area (Å²) in [6, 6.07) is 0.0130. The van der Waals surface area contributed by atoms with Gasteiger partial charge >= 0.3 is 0 Å². The summed E-state index contributed by atoms with van der Waals surface area (Å²) in [6.07, 6.45) is 4.40. The fourth-order valence-corrected chi connectivity index (χ4v) is 1.64. The number of hydrogen-bond acceptors (Lipinski definition) is 3. The van der Waals surface area contributed by atoms with Crippen LogP contribution in [-0.2, 0) is 9.59 Å². The van der Waals surface area contributed by atoms with Crippen molar-refractivity contribution in [2.75, 3.05) is 13.1 Å². The van der Waals surface area contributed by atoms with E-state index >= 15 is 0 Å². The molecule has 0 bridgehead atoms. The molecular formula is C12H26ClN3O2. The van der Waals surface area contributed by atoms with E-state index in [1.165, 1.54) is 4.90 Å². The number of amides is 2. The maximum absolute atomic E-state index is 11.8. The Labute approximate surface area is 116 Å². The van der Waals surface area contributed by atoms with Crippen LogP contribution in [0.3, 0.4) is 0 Å². The molecule has 0 unspecified atom stereocenters. The van der Waals surface area contributed by atoms with E-state index in [1.807, 2.05) is 13.8 Å². The van der Waals surface area contributed by atoms with Gasteiger partial charge in [0, 0.05) is 12.5 Å². The average Bonchev–Trinajstić information content (AvgIpc) is 2.24. The predicted octanol–water partition coefficient (Wildman–Crippen LogP) is 1.04. The molecule has 0 saturated carbocycles. The van der Waals surface area contributed by atoms with E-state index in [4.69, 9.17) is 11.5 Å². The first kappa shape index (κ1) is 19.5. The lowest BCUT2D eigenvalue weighted by Crippen LogP contribution is -2.42. The minimum Gasteiger partial charge on any atom is -0.368 e. The van der Waals surface area contributed by atoms with Gasteiger partial charge in [0.25, 0.3) is 0 Å².